The van der Waals surface area contributed by atoms with E-state index in [4.69, 9.17) is 18.7 Å². The molecule has 2 aromatic heterocycles. The minimum Gasteiger partial charge on any atom is -0.496 e. The fourth-order valence-corrected chi connectivity index (χ4v) is 4.65. The molecule has 0 radical (unpaired) electrons. The SMILES string of the molecule is COc1cc(-c2c(C)oc(C)c2S(N)(=O)=O)ccc1-c1cc2ccccc2oc1=O. The van der Waals surface area contributed by atoms with Gasteiger partial charge in [-0.3, -0.25) is 0 Å². The maximum Gasteiger partial charge on any atom is 0.344 e. The highest BCUT2D eigenvalue weighted by atomic mass is 32.2. The van der Waals surface area contributed by atoms with Crippen LogP contribution < -0.4 is 15.5 Å². The second-order valence-electron chi connectivity index (χ2n) is 6.86. The van der Waals surface area contributed by atoms with Crippen molar-refractivity contribution < 1.29 is 22.0 Å². The Hall–Kier alpha value is -3.36. The largest absolute Gasteiger partial charge is 0.496 e. The first-order chi connectivity index (χ1) is 14.2. The van der Waals surface area contributed by atoms with Gasteiger partial charge in [0.15, 0.2) is 0 Å². The highest BCUT2D eigenvalue weighted by Crippen LogP contribution is 2.39. The van der Waals surface area contributed by atoms with E-state index >= 15 is 0 Å². The lowest BCUT2D eigenvalue weighted by atomic mass is 9.99. The Bertz CT molecular complexity index is 1450. The molecule has 4 rings (SSSR count). The van der Waals surface area contributed by atoms with Crippen molar-refractivity contribution in [2.45, 2.75) is 18.7 Å². The molecule has 7 nitrogen and oxygen atoms in total. The summed E-state index contributed by atoms with van der Waals surface area (Å²) in [5.74, 6) is 1.01. The molecule has 154 valence electrons. The Labute approximate surface area is 172 Å². The van der Waals surface area contributed by atoms with Gasteiger partial charge in [0.1, 0.15) is 27.7 Å². The first-order valence-corrected chi connectivity index (χ1v) is 10.6. The van der Waals surface area contributed by atoms with Crippen molar-refractivity contribution in [1.82, 2.24) is 0 Å². The number of hydrogen-bond donors (Lipinski definition) is 1. The topological polar surface area (TPSA) is 113 Å². The molecular weight excluding hydrogens is 406 g/mol. The smallest absolute Gasteiger partial charge is 0.344 e. The van der Waals surface area contributed by atoms with Crippen LogP contribution >= 0.6 is 0 Å². The van der Waals surface area contributed by atoms with Gasteiger partial charge in [0.25, 0.3) is 0 Å². The lowest BCUT2D eigenvalue weighted by molar-refractivity contribution is 0.416. The quantitative estimate of drug-likeness (QED) is 0.495. The standard InChI is InChI=1S/C22H19NO6S/c1-12-20(21(13(2)28-12)30(23,25)26)15-8-9-16(19(11-15)27-3)17-10-14-6-4-5-7-18(14)29-22(17)24/h4-11H,1-3H3,(H2,23,25,26). The summed E-state index contributed by atoms with van der Waals surface area (Å²) in [5, 5.41) is 6.17. The van der Waals surface area contributed by atoms with E-state index in [2.05, 4.69) is 0 Å². The predicted molar refractivity (Wildman–Crippen MR) is 113 cm³/mol. The lowest BCUT2D eigenvalue weighted by Gasteiger charge is -2.11. The van der Waals surface area contributed by atoms with Crippen LogP contribution in [0.15, 0.2) is 67.1 Å². The van der Waals surface area contributed by atoms with Gasteiger partial charge in [-0.05, 0) is 43.7 Å². The van der Waals surface area contributed by atoms with Gasteiger partial charge in [-0.1, -0.05) is 24.3 Å². The molecule has 0 fully saturated rings. The van der Waals surface area contributed by atoms with Crippen LogP contribution in [-0.2, 0) is 10.0 Å². The molecule has 0 aliphatic rings. The van der Waals surface area contributed by atoms with E-state index in [-0.39, 0.29) is 10.7 Å². The zero-order valence-electron chi connectivity index (χ0n) is 16.6. The summed E-state index contributed by atoms with van der Waals surface area (Å²) in [7, 11) is -2.53. The van der Waals surface area contributed by atoms with Crippen molar-refractivity contribution in [2.75, 3.05) is 7.11 Å². The van der Waals surface area contributed by atoms with Gasteiger partial charge in [0.2, 0.25) is 10.0 Å². The third kappa shape index (κ3) is 3.30. The zero-order valence-corrected chi connectivity index (χ0v) is 17.4. The van der Waals surface area contributed by atoms with E-state index in [1.807, 2.05) is 12.1 Å². The number of sulfonamides is 1. The van der Waals surface area contributed by atoms with Crippen LogP contribution in [0.25, 0.3) is 33.2 Å². The number of aryl methyl sites for hydroxylation is 2. The minimum absolute atomic E-state index is 0.0694. The minimum atomic E-state index is -4.00. The second-order valence-corrected chi connectivity index (χ2v) is 8.36. The first-order valence-electron chi connectivity index (χ1n) is 9.05. The number of benzene rings is 2. The summed E-state index contributed by atoms with van der Waals surface area (Å²) >= 11 is 0. The summed E-state index contributed by atoms with van der Waals surface area (Å²) in [6.07, 6.45) is 0. The van der Waals surface area contributed by atoms with Crippen LogP contribution in [0.2, 0.25) is 0 Å². The molecule has 4 aromatic rings. The van der Waals surface area contributed by atoms with Crippen molar-refractivity contribution >= 4 is 21.0 Å². The number of nitrogens with two attached hydrogens (primary N) is 1. The van der Waals surface area contributed by atoms with E-state index in [9.17, 15) is 13.2 Å². The van der Waals surface area contributed by atoms with Crippen LogP contribution in [-0.4, -0.2) is 15.5 Å². The first kappa shape index (κ1) is 19.9. The second kappa shape index (κ2) is 7.16. The molecule has 30 heavy (non-hydrogen) atoms. The molecule has 0 atom stereocenters. The highest BCUT2D eigenvalue weighted by Gasteiger charge is 2.26. The maximum atomic E-state index is 12.6. The molecule has 0 spiro atoms. The van der Waals surface area contributed by atoms with Crippen LogP contribution in [0.5, 0.6) is 5.75 Å². The van der Waals surface area contributed by atoms with Crippen molar-refractivity contribution in [3.05, 3.63) is 70.5 Å². The summed E-state index contributed by atoms with van der Waals surface area (Å²) in [6, 6.07) is 14.0. The molecule has 0 unspecified atom stereocenters. The van der Waals surface area contributed by atoms with Crippen LogP contribution in [0, 0.1) is 13.8 Å². The Morgan fingerprint density at radius 3 is 2.37 bits per heavy atom. The number of fused-ring (bicyclic) bond motifs is 1. The monoisotopic (exact) mass is 425 g/mol. The number of para-hydroxylation sites is 1. The Morgan fingerprint density at radius 1 is 0.933 bits per heavy atom. The van der Waals surface area contributed by atoms with Crippen LogP contribution in [0.1, 0.15) is 11.5 Å². The molecule has 0 aliphatic carbocycles. The van der Waals surface area contributed by atoms with Gasteiger partial charge in [0, 0.05) is 16.5 Å². The van der Waals surface area contributed by atoms with E-state index in [0.29, 0.717) is 39.3 Å². The summed E-state index contributed by atoms with van der Waals surface area (Å²) < 4.78 is 40.7. The predicted octanol–water partition coefficient (Wildman–Crippen LogP) is 3.99. The summed E-state index contributed by atoms with van der Waals surface area (Å²) in [6.45, 7) is 3.21. The number of methoxy groups -OCH3 is 1. The fraction of sp³-hybridized carbons (Fsp3) is 0.136. The number of rotatable bonds is 4. The van der Waals surface area contributed by atoms with Crippen LogP contribution in [0.4, 0.5) is 0 Å². The molecule has 2 heterocycles. The molecule has 0 bridgehead atoms. The van der Waals surface area contributed by atoms with E-state index in [1.165, 1.54) is 7.11 Å². The Kier molecular flexibility index (Phi) is 4.76. The van der Waals surface area contributed by atoms with E-state index in [0.717, 1.165) is 5.39 Å². The number of furan rings is 1. The van der Waals surface area contributed by atoms with Gasteiger partial charge >= 0.3 is 5.63 Å². The number of ether oxygens (including phenoxy) is 1. The molecule has 8 heteroatoms. The van der Waals surface area contributed by atoms with Gasteiger partial charge < -0.3 is 13.6 Å². The normalized spacial score (nSPS) is 11.7. The molecule has 2 N–H and O–H groups in total. The van der Waals surface area contributed by atoms with Crippen molar-refractivity contribution in [2.24, 2.45) is 5.14 Å². The van der Waals surface area contributed by atoms with Gasteiger partial charge in [-0.15, -0.1) is 0 Å². The third-order valence-corrected chi connectivity index (χ3v) is 5.97. The molecule has 0 saturated heterocycles. The van der Waals surface area contributed by atoms with Gasteiger partial charge in [-0.25, -0.2) is 18.4 Å². The zero-order chi connectivity index (χ0) is 21.6. The Morgan fingerprint density at radius 2 is 1.67 bits per heavy atom. The average Bonchev–Trinajstić information content (AvgIpc) is 3.01. The van der Waals surface area contributed by atoms with Crippen molar-refractivity contribution in [3.8, 4) is 28.0 Å². The van der Waals surface area contributed by atoms with Crippen LogP contribution in [0.3, 0.4) is 0 Å². The molecular formula is C22H19NO6S. The summed E-state index contributed by atoms with van der Waals surface area (Å²) in [4.78, 5) is 12.5. The Balaban J connectivity index is 1.93. The van der Waals surface area contributed by atoms with E-state index < -0.39 is 15.6 Å². The van der Waals surface area contributed by atoms with E-state index in [1.54, 1.807) is 50.2 Å². The lowest BCUT2D eigenvalue weighted by Crippen LogP contribution is -2.13. The van der Waals surface area contributed by atoms with Crippen molar-refractivity contribution in [1.29, 1.82) is 0 Å². The number of hydrogen-bond acceptors (Lipinski definition) is 6. The fourth-order valence-electron chi connectivity index (χ4n) is 3.66. The maximum absolute atomic E-state index is 12.6. The third-order valence-electron chi connectivity index (χ3n) is 4.91. The average molecular weight is 425 g/mol. The van der Waals surface area contributed by atoms with Gasteiger partial charge in [-0.2, -0.15) is 0 Å². The highest BCUT2D eigenvalue weighted by molar-refractivity contribution is 7.89. The molecule has 0 aliphatic heterocycles. The molecule has 0 saturated carbocycles. The molecule has 2 aromatic carbocycles. The number of primary sulfonamides is 1. The molecule has 0 amide bonds. The summed E-state index contributed by atoms with van der Waals surface area (Å²) in [5.41, 5.74) is 1.76. The van der Waals surface area contributed by atoms with Gasteiger partial charge in [0.05, 0.1) is 12.7 Å². The van der Waals surface area contributed by atoms with Crippen molar-refractivity contribution in [3.63, 3.8) is 0 Å².